The molecule has 0 bridgehead atoms. The Morgan fingerprint density at radius 3 is 2.15 bits per heavy atom. The van der Waals surface area contributed by atoms with Crippen LogP contribution in [-0.4, -0.2) is 99.8 Å². The molecule has 0 saturated carbocycles. The second kappa shape index (κ2) is 12.7. The maximum Gasteiger partial charge on any atom is 0.502 e. The number of nitrogen functional groups attached to an aromatic ring is 2. The molecule has 4 aromatic rings. The molecule has 2 aliphatic heterocycles. The number of imidazole rings is 2. The molecule has 250 valence electrons. The Hall–Kier alpha value is -3.34. The van der Waals surface area contributed by atoms with E-state index < -0.39 is 72.0 Å². The first kappa shape index (κ1) is 32.6. The van der Waals surface area contributed by atoms with Crippen molar-refractivity contribution in [3.05, 3.63) is 25.3 Å². The Kier molecular flexibility index (Phi) is 8.99. The molecule has 2 saturated heterocycles. The average Bonchev–Trinajstić information content (AvgIpc) is 3.77. The lowest BCUT2D eigenvalue weighted by atomic mass is 10.1. The van der Waals surface area contributed by atoms with E-state index in [2.05, 4.69) is 39.3 Å². The van der Waals surface area contributed by atoms with Gasteiger partial charge < -0.3 is 30.7 Å². The Morgan fingerprint density at radius 2 is 1.52 bits per heavy atom. The normalized spacial score (nSPS) is 28.3. The van der Waals surface area contributed by atoms with E-state index in [-0.39, 0.29) is 34.7 Å². The molecule has 0 aromatic carbocycles. The van der Waals surface area contributed by atoms with Gasteiger partial charge in [0.15, 0.2) is 35.3 Å². The topological polar surface area (TPSA) is 278 Å². The molecule has 0 amide bonds. The second-order valence-corrected chi connectivity index (χ2v) is 12.6. The van der Waals surface area contributed by atoms with Crippen LogP contribution in [0.25, 0.3) is 22.3 Å². The van der Waals surface area contributed by atoms with Crippen LogP contribution in [0.4, 0.5) is 20.4 Å². The number of ether oxygens (including phenoxy) is 2. The van der Waals surface area contributed by atoms with Crippen LogP contribution >= 0.6 is 15.6 Å². The largest absolute Gasteiger partial charge is 0.502 e. The number of hydrogen-bond donors (Lipinski definition) is 4. The Labute approximate surface area is 255 Å². The van der Waals surface area contributed by atoms with Gasteiger partial charge in [0.1, 0.15) is 54.4 Å². The number of nitrogens with zero attached hydrogens (tertiary/aromatic N) is 8. The molecule has 8 atom stereocenters. The summed E-state index contributed by atoms with van der Waals surface area (Å²) in [6.45, 7) is -1.66. The standard InChI is InChI=1S/C21H26F2N10O11P2/c1-38-44-46(37,40-3-10-9(22)2-12(41-10)32-7-30-14-17(24)26-5-28-19(14)32)43-16-13(23)11(4-39-45(34,35)36)42-21(16)33-8-31-15-18(25)27-6-29-20(15)33/h5-13,16,21H,2-4H2,1H3,(H2,24,26,28)(H2,25,27,29)(H2,34,35,36)/t9-,10+,11+,12+,13+,16+,21+,46?/m0/s1. The van der Waals surface area contributed by atoms with Gasteiger partial charge in [-0.05, 0) is 0 Å². The average molecular weight is 694 g/mol. The molecule has 46 heavy (non-hydrogen) atoms. The Balaban J connectivity index is 1.21. The van der Waals surface area contributed by atoms with Crippen molar-refractivity contribution in [1.82, 2.24) is 39.0 Å². The lowest BCUT2D eigenvalue weighted by molar-refractivity contribution is -0.208. The summed E-state index contributed by atoms with van der Waals surface area (Å²) in [5.74, 6) is 0.0908. The highest BCUT2D eigenvalue weighted by atomic mass is 31.2. The summed E-state index contributed by atoms with van der Waals surface area (Å²) in [5.41, 5.74) is 12.4. The number of anilines is 2. The molecular weight excluding hydrogens is 668 g/mol. The molecule has 6 rings (SSSR count). The summed E-state index contributed by atoms with van der Waals surface area (Å²) < 4.78 is 90.0. The molecule has 25 heteroatoms. The third kappa shape index (κ3) is 6.44. The maximum atomic E-state index is 15.8. The third-order valence-electron chi connectivity index (χ3n) is 7.01. The van der Waals surface area contributed by atoms with Gasteiger partial charge in [-0.15, -0.1) is 4.67 Å². The van der Waals surface area contributed by atoms with Gasteiger partial charge >= 0.3 is 15.6 Å². The highest BCUT2D eigenvalue weighted by Crippen LogP contribution is 2.55. The van der Waals surface area contributed by atoms with Crippen molar-refractivity contribution in [2.75, 3.05) is 31.8 Å². The van der Waals surface area contributed by atoms with E-state index in [1.165, 1.54) is 17.2 Å². The Bertz CT molecular complexity index is 1810. The molecule has 6 heterocycles. The Morgan fingerprint density at radius 1 is 0.913 bits per heavy atom. The van der Waals surface area contributed by atoms with Crippen molar-refractivity contribution in [2.45, 2.75) is 49.5 Å². The number of phosphoric ester groups is 2. The fourth-order valence-corrected chi connectivity index (χ4v) is 6.47. The SMILES string of the molecule is COOP(=O)(OC[C@H]1O[C@@H](n2cnc3c(N)ncnc32)C[C@@H]1F)O[C@@H]1[C@H](F)[C@@H](COP(=O)(O)O)O[C@H]1n1cnc2c(N)ncnc21. The first-order chi connectivity index (χ1) is 21.9. The molecule has 0 radical (unpaired) electrons. The summed E-state index contributed by atoms with van der Waals surface area (Å²) in [4.78, 5) is 46.8. The highest BCUT2D eigenvalue weighted by Gasteiger charge is 2.52. The fourth-order valence-electron chi connectivity index (χ4n) is 4.96. The molecule has 2 fully saturated rings. The van der Waals surface area contributed by atoms with Gasteiger partial charge in [-0.25, -0.2) is 52.7 Å². The number of fused-ring (bicyclic) bond motifs is 2. The number of rotatable bonds is 12. The zero-order valence-electron chi connectivity index (χ0n) is 23.4. The molecule has 6 N–H and O–H groups in total. The minimum absolute atomic E-state index is 0.0237. The molecule has 4 aromatic heterocycles. The molecule has 2 aliphatic rings. The smallest absolute Gasteiger partial charge is 0.382 e. The number of alkyl halides is 2. The van der Waals surface area contributed by atoms with Crippen molar-refractivity contribution >= 4 is 49.6 Å². The first-order valence-electron chi connectivity index (χ1n) is 13.2. The molecule has 21 nitrogen and oxygen atoms in total. The predicted octanol–water partition coefficient (Wildman–Crippen LogP) is 0.889. The predicted molar refractivity (Wildman–Crippen MR) is 146 cm³/mol. The monoisotopic (exact) mass is 694 g/mol. The van der Waals surface area contributed by atoms with Gasteiger partial charge in [-0.2, -0.15) is 0 Å². The van der Waals surface area contributed by atoms with Crippen LogP contribution in [0.5, 0.6) is 0 Å². The van der Waals surface area contributed by atoms with E-state index >= 15 is 8.78 Å². The molecule has 0 spiro atoms. The summed E-state index contributed by atoms with van der Waals surface area (Å²) >= 11 is 0. The minimum Gasteiger partial charge on any atom is -0.382 e. The zero-order valence-corrected chi connectivity index (χ0v) is 25.2. The highest BCUT2D eigenvalue weighted by molar-refractivity contribution is 7.48. The van der Waals surface area contributed by atoms with Gasteiger partial charge in [0.2, 0.25) is 0 Å². The van der Waals surface area contributed by atoms with Gasteiger partial charge in [0.25, 0.3) is 0 Å². The molecular formula is C21H26F2N10O11P2. The molecule has 0 aliphatic carbocycles. The van der Waals surface area contributed by atoms with E-state index in [0.717, 1.165) is 24.3 Å². The first-order valence-corrected chi connectivity index (χ1v) is 16.2. The van der Waals surface area contributed by atoms with E-state index in [4.69, 9.17) is 44.4 Å². The number of halogens is 2. The zero-order chi connectivity index (χ0) is 32.8. The number of aromatic nitrogens is 8. The van der Waals surface area contributed by atoms with Crippen LogP contribution in [0.15, 0.2) is 25.3 Å². The van der Waals surface area contributed by atoms with Crippen molar-refractivity contribution in [3.8, 4) is 0 Å². The van der Waals surface area contributed by atoms with Crippen molar-refractivity contribution in [3.63, 3.8) is 0 Å². The van der Waals surface area contributed by atoms with Crippen molar-refractivity contribution in [2.24, 2.45) is 0 Å². The van der Waals surface area contributed by atoms with Crippen LogP contribution in [0.1, 0.15) is 18.9 Å². The number of hydrogen-bond acceptors (Lipinski definition) is 17. The van der Waals surface area contributed by atoms with Gasteiger partial charge in [0.05, 0.1) is 33.0 Å². The fraction of sp³-hybridized carbons (Fsp3) is 0.524. The van der Waals surface area contributed by atoms with E-state index in [0.29, 0.717) is 5.65 Å². The van der Waals surface area contributed by atoms with Crippen LogP contribution in [0.3, 0.4) is 0 Å². The summed E-state index contributed by atoms with van der Waals surface area (Å²) in [6, 6.07) is 0. The number of phosphoric acid groups is 2. The van der Waals surface area contributed by atoms with E-state index in [1.807, 2.05) is 0 Å². The van der Waals surface area contributed by atoms with Crippen molar-refractivity contribution < 1.29 is 60.3 Å². The summed E-state index contributed by atoms with van der Waals surface area (Å²) in [6.07, 6.45) is -6.63. The van der Waals surface area contributed by atoms with Crippen LogP contribution in [-0.2, 0) is 41.7 Å². The van der Waals surface area contributed by atoms with Crippen LogP contribution < -0.4 is 11.5 Å². The van der Waals surface area contributed by atoms with Gasteiger partial charge in [0, 0.05) is 6.42 Å². The van der Waals surface area contributed by atoms with E-state index in [1.54, 1.807) is 0 Å². The maximum absolute atomic E-state index is 15.8. The molecule has 1 unspecified atom stereocenters. The lowest BCUT2D eigenvalue weighted by Crippen LogP contribution is -2.33. The van der Waals surface area contributed by atoms with Gasteiger partial charge in [-0.1, -0.05) is 0 Å². The third-order valence-corrected chi connectivity index (χ3v) is 8.79. The minimum atomic E-state index is -5.05. The quantitative estimate of drug-likeness (QED) is 0.0910. The van der Waals surface area contributed by atoms with Crippen molar-refractivity contribution in [1.29, 1.82) is 0 Å². The van der Waals surface area contributed by atoms with E-state index in [9.17, 15) is 9.13 Å². The lowest BCUT2D eigenvalue weighted by Gasteiger charge is -2.25. The van der Waals surface area contributed by atoms with Crippen LogP contribution in [0, 0.1) is 0 Å². The second-order valence-electron chi connectivity index (χ2n) is 9.90. The number of nitrogens with two attached hydrogens (primary N) is 2. The summed E-state index contributed by atoms with van der Waals surface area (Å²) in [5, 5.41) is 0. The van der Waals surface area contributed by atoms with Gasteiger partial charge in [-0.3, -0.25) is 22.7 Å². The van der Waals surface area contributed by atoms with Crippen LogP contribution in [0.2, 0.25) is 0 Å². The summed E-state index contributed by atoms with van der Waals surface area (Å²) in [7, 11) is -9.01.